The van der Waals surface area contributed by atoms with Crippen LogP contribution in [0.25, 0.3) is 16.3 Å². The van der Waals surface area contributed by atoms with Crippen molar-refractivity contribution >= 4 is 16.3 Å². The minimum atomic E-state index is -0.331. The number of halogens is 1. The van der Waals surface area contributed by atoms with E-state index >= 15 is 0 Å². The number of nitrogens with zero attached hydrogens (tertiary/aromatic N) is 3. The van der Waals surface area contributed by atoms with Gasteiger partial charge in [0.25, 0.3) is 0 Å². The molecule has 0 N–H and O–H groups in total. The van der Waals surface area contributed by atoms with Crippen LogP contribution in [0.4, 0.5) is 4.39 Å². The molecule has 3 rings (SSSR count). The summed E-state index contributed by atoms with van der Waals surface area (Å²) in [7, 11) is 0. The highest BCUT2D eigenvalue weighted by Crippen LogP contribution is 2.24. The fourth-order valence-electron chi connectivity index (χ4n) is 1.66. The van der Waals surface area contributed by atoms with Crippen molar-refractivity contribution in [2.75, 3.05) is 0 Å². The van der Waals surface area contributed by atoms with E-state index in [0.29, 0.717) is 5.69 Å². The summed E-state index contributed by atoms with van der Waals surface area (Å²) in [5.41, 5.74) is 2.54. The van der Waals surface area contributed by atoms with Gasteiger partial charge in [-0.15, -0.1) is 11.3 Å². The molecule has 0 spiro atoms. The largest absolute Gasteiger partial charge is 0.294 e. The standard InChI is InChI=1S/C11H8FN3S/c1-7-10(9-3-2-8(12)6-13-9)14-11-15(7)4-5-16-11/h2-6H,1H3. The third kappa shape index (κ3) is 1.32. The van der Waals surface area contributed by atoms with Crippen LogP contribution in [0.2, 0.25) is 0 Å². The highest BCUT2D eigenvalue weighted by atomic mass is 32.1. The Morgan fingerprint density at radius 3 is 2.94 bits per heavy atom. The molecule has 0 radical (unpaired) electrons. The molecule has 5 heteroatoms. The van der Waals surface area contributed by atoms with Crippen molar-refractivity contribution in [2.24, 2.45) is 0 Å². The maximum absolute atomic E-state index is 12.8. The fourth-order valence-corrected chi connectivity index (χ4v) is 2.42. The quantitative estimate of drug-likeness (QED) is 0.647. The van der Waals surface area contributed by atoms with Crippen molar-refractivity contribution in [1.29, 1.82) is 0 Å². The van der Waals surface area contributed by atoms with Crippen molar-refractivity contribution < 1.29 is 4.39 Å². The number of hydrogen-bond donors (Lipinski definition) is 0. The molecule has 3 aromatic rings. The van der Waals surface area contributed by atoms with Crippen LogP contribution in [0.5, 0.6) is 0 Å². The van der Waals surface area contributed by atoms with E-state index in [1.165, 1.54) is 12.3 Å². The van der Waals surface area contributed by atoms with Crippen LogP contribution in [0, 0.1) is 12.7 Å². The van der Waals surface area contributed by atoms with Gasteiger partial charge in [0.05, 0.1) is 11.9 Å². The van der Waals surface area contributed by atoms with Crippen LogP contribution in [-0.4, -0.2) is 14.4 Å². The topological polar surface area (TPSA) is 30.2 Å². The molecule has 0 unspecified atom stereocenters. The van der Waals surface area contributed by atoms with E-state index in [2.05, 4.69) is 9.97 Å². The summed E-state index contributed by atoms with van der Waals surface area (Å²) in [6.07, 6.45) is 3.18. The van der Waals surface area contributed by atoms with Crippen LogP contribution >= 0.6 is 11.3 Å². The third-order valence-electron chi connectivity index (χ3n) is 2.47. The number of thiazole rings is 1. The first-order valence-corrected chi connectivity index (χ1v) is 5.68. The molecule has 0 aliphatic carbocycles. The van der Waals surface area contributed by atoms with Gasteiger partial charge in [0.1, 0.15) is 11.5 Å². The van der Waals surface area contributed by atoms with Gasteiger partial charge in [-0.1, -0.05) is 0 Å². The van der Waals surface area contributed by atoms with E-state index in [4.69, 9.17) is 0 Å². The average molecular weight is 233 g/mol. The number of fused-ring (bicyclic) bond motifs is 1. The lowest BCUT2D eigenvalue weighted by molar-refractivity contribution is 0.622. The molecule has 0 aliphatic heterocycles. The number of aryl methyl sites for hydroxylation is 1. The SMILES string of the molecule is Cc1c(-c2ccc(F)cn2)nc2sccn12. The van der Waals surface area contributed by atoms with Gasteiger partial charge in [0.15, 0.2) is 4.96 Å². The van der Waals surface area contributed by atoms with Gasteiger partial charge in [-0.25, -0.2) is 9.37 Å². The Bertz CT molecular complexity index is 639. The van der Waals surface area contributed by atoms with Gasteiger partial charge >= 0.3 is 0 Å². The Balaban J connectivity index is 2.21. The van der Waals surface area contributed by atoms with Crippen LogP contribution < -0.4 is 0 Å². The van der Waals surface area contributed by atoms with E-state index < -0.39 is 0 Å². The summed E-state index contributed by atoms with van der Waals surface area (Å²) in [6, 6.07) is 3.05. The second-order valence-corrected chi connectivity index (χ2v) is 4.34. The average Bonchev–Trinajstić information content (AvgIpc) is 2.84. The van der Waals surface area contributed by atoms with E-state index in [1.54, 1.807) is 17.4 Å². The number of pyridine rings is 1. The second-order valence-electron chi connectivity index (χ2n) is 3.46. The maximum atomic E-state index is 12.8. The van der Waals surface area contributed by atoms with Crippen LogP contribution in [0.3, 0.4) is 0 Å². The van der Waals surface area contributed by atoms with Gasteiger partial charge in [-0.2, -0.15) is 0 Å². The summed E-state index contributed by atoms with van der Waals surface area (Å²) >= 11 is 1.57. The fraction of sp³-hybridized carbons (Fsp3) is 0.0909. The van der Waals surface area contributed by atoms with Gasteiger partial charge in [-0.05, 0) is 19.1 Å². The van der Waals surface area contributed by atoms with Crippen LogP contribution in [-0.2, 0) is 0 Å². The molecule has 3 nitrogen and oxygen atoms in total. The maximum Gasteiger partial charge on any atom is 0.194 e. The molecule has 0 amide bonds. The molecular formula is C11H8FN3S. The van der Waals surface area contributed by atoms with Gasteiger partial charge in [0, 0.05) is 17.3 Å². The molecule has 0 saturated heterocycles. The molecule has 16 heavy (non-hydrogen) atoms. The molecule has 0 aromatic carbocycles. The van der Waals surface area contributed by atoms with Crippen LogP contribution in [0.1, 0.15) is 5.69 Å². The highest BCUT2D eigenvalue weighted by Gasteiger charge is 2.11. The minimum absolute atomic E-state index is 0.331. The zero-order chi connectivity index (χ0) is 11.1. The van der Waals surface area contributed by atoms with Crippen molar-refractivity contribution in [3.63, 3.8) is 0 Å². The Morgan fingerprint density at radius 2 is 2.25 bits per heavy atom. The molecular weight excluding hydrogens is 225 g/mol. The summed E-state index contributed by atoms with van der Waals surface area (Å²) < 4.78 is 14.8. The first-order valence-electron chi connectivity index (χ1n) is 4.80. The van der Waals surface area contributed by atoms with E-state index in [-0.39, 0.29) is 5.82 Å². The molecule has 3 heterocycles. The number of aromatic nitrogens is 3. The lowest BCUT2D eigenvalue weighted by Crippen LogP contribution is -1.88. The van der Waals surface area contributed by atoms with E-state index in [0.717, 1.165) is 16.3 Å². The van der Waals surface area contributed by atoms with Crippen molar-refractivity contribution in [3.05, 3.63) is 41.4 Å². The van der Waals surface area contributed by atoms with Gasteiger partial charge in [0.2, 0.25) is 0 Å². The Morgan fingerprint density at radius 1 is 1.38 bits per heavy atom. The second kappa shape index (κ2) is 3.38. The molecule has 0 atom stereocenters. The first-order chi connectivity index (χ1) is 7.75. The first kappa shape index (κ1) is 9.47. The molecule has 80 valence electrons. The Kier molecular flexibility index (Phi) is 2.00. The summed E-state index contributed by atoms with van der Waals surface area (Å²) in [6.45, 7) is 1.98. The number of imidazole rings is 1. The van der Waals surface area contributed by atoms with Crippen molar-refractivity contribution in [1.82, 2.24) is 14.4 Å². The molecule has 0 fully saturated rings. The van der Waals surface area contributed by atoms with Crippen LogP contribution in [0.15, 0.2) is 29.9 Å². The number of rotatable bonds is 1. The molecule has 3 aromatic heterocycles. The van der Waals surface area contributed by atoms with E-state index in [9.17, 15) is 4.39 Å². The normalized spacial score (nSPS) is 11.1. The van der Waals surface area contributed by atoms with Crippen molar-refractivity contribution in [3.8, 4) is 11.4 Å². The summed E-state index contributed by atoms with van der Waals surface area (Å²) in [5.74, 6) is -0.331. The molecule has 0 bridgehead atoms. The number of hydrogen-bond acceptors (Lipinski definition) is 3. The van der Waals surface area contributed by atoms with Gasteiger partial charge in [-0.3, -0.25) is 9.38 Å². The Labute approximate surface area is 95.2 Å². The Hall–Kier alpha value is -1.75. The third-order valence-corrected chi connectivity index (χ3v) is 3.23. The zero-order valence-electron chi connectivity index (χ0n) is 8.51. The zero-order valence-corrected chi connectivity index (χ0v) is 9.33. The van der Waals surface area contributed by atoms with Gasteiger partial charge < -0.3 is 0 Å². The molecule has 0 aliphatic rings. The van der Waals surface area contributed by atoms with Crippen molar-refractivity contribution in [2.45, 2.75) is 6.92 Å². The lowest BCUT2D eigenvalue weighted by Gasteiger charge is -1.97. The predicted molar refractivity (Wildman–Crippen MR) is 61.0 cm³/mol. The summed E-state index contributed by atoms with van der Waals surface area (Å²) in [4.78, 5) is 9.44. The molecule has 0 saturated carbocycles. The smallest absolute Gasteiger partial charge is 0.194 e. The summed E-state index contributed by atoms with van der Waals surface area (Å²) in [5, 5.41) is 1.98. The highest BCUT2D eigenvalue weighted by molar-refractivity contribution is 7.15. The minimum Gasteiger partial charge on any atom is -0.294 e. The monoisotopic (exact) mass is 233 g/mol. The lowest BCUT2D eigenvalue weighted by atomic mass is 10.2. The predicted octanol–water partition coefficient (Wildman–Crippen LogP) is 2.91. The van der Waals surface area contributed by atoms with E-state index in [1.807, 2.05) is 22.9 Å².